The maximum absolute atomic E-state index is 11.1. The number of carbonyl (C=O) groups excluding carboxylic acids is 4. The van der Waals surface area contributed by atoms with Crippen LogP contribution in [0, 0.1) is 0 Å². The molecule has 0 atom stereocenters. The molecule has 280 valence electrons. The van der Waals surface area contributed by atoms with E-state index in [-0.39, 0.29) is 98.0 Å². The van der Waals surface area contributed by atoms with Crippen LogP contribution in [-0.2, 0) is 28.7 Å². The van der Waals surface area contributed by atoms with Gasteiger partial charge in [-0.15, -0.1) is 0 Å². The number of carboxylic acid groups (broad SMARTS) is 2. The van der Waals surface area contributed by atoms with Crippen molar-refractivity contribution in [2.75, 3.05) is 13.2 Å². The number of hydrogen-bond donors (Lipinski definition) is 0. The van der Waals surface area contributed by atoms with Gasteiger partial charge in [0.1, 0.15) is 13.2 Å². The predicted octanol–water partition coefficient (Wildman–Crippen LogP) is 2.64. The van der Waals surface area contributed by atoms with Crippen LogP contribution in [-0.4, -0.2) is 37.1 Å². The van der Waals surface area contributed by atoms with E-state index in [2.05, 4.69) is 13.8 Å². The molecular formula is C40H70Na2O8. The first-order valence-electron chi connectivity index (χ1n) is 19.3. The number of allylic oxidation sites excluding steroid dienone is 2. The Morgan fingerprint density at radius 2 is 0.660 bits per heavy atom. The summed E-state index contributed by atoms with van der Waals surface area (Å²) in [5.41, 5.74) is 0. The monoisotopic (exact) mass is 724 g/mol. The smallest absolute Gasteiger partial charge is 0.550 e. The molecule has 0 aliphatic heterocycles. The molecule has 0 amide bonds. The molecule has 0 N–H and O–H groups in total. The van der Waals surface area contributed by atoms with Gasteiger partial charge in [0.25, 0.3) is 0 Å². The van der Waals surface area contributed by atoms with E-state index in [0.29, 0.717) is 0 Å². The maximum atomic E-state index is 11.1. The van der Waals surface area contributed by atoms with E-state index in [1.165, 1.54) is 141 Å². The topological polar surface area (TPSA) is 133 Å². The predicted molar refractivity (Wildman–Crippen MR) is 191 cm³/mol. The third-order valence-corrected chi connectivity index (χ3v) is 8.03. The molecule has 0 saturated heterocycles. The van der Waals surface area contributed by atoms with E-state index in [4.69, 9.17) is 9.47 Å². The van der Waals surface area contributed by atoms with Gasteiger partial charge in [0.2, 0.25) is 0 Å². The Labute approximate surface area is 350 Å². The summed E-state index contributed by atoms with van der Waals surface area (Å²) >= 11 is 0. The number of carbonyl (C=O) groups is 4. The molecule has 0 heterocycles. The van der Waals surface area contributed by atoms with Crippen LogP contribution in [0.25, 0.3) is 0 Å². The molecule has 0 radical (unpaired) electrons. The fraction of sp³-hybridized carbons (Fsp3) is 0.800. The largest absolute Gasteiger partial charge is 1.00 e. The average Bonchev–Trinajstić information content (AvgIpc) is 3.06. The SMILES string of the molecule is CCCCCCCCCCCCCC=CCOC(=O)CCC(=O)[O-].CCCCCCCCCCCCCC=CCOC(=O)CCC(=O)[O-].[Na+].[Na+]. The summed E-state index contributed by atoms with van der Waals surface area (Å²) in [4.78, 5) is 42.6. The Kier molecular flexibility index (Phi) is 54.3. The fourth-order valence-corrected chi connectivity index (χ4v) is 5.06. The zero-order valence-corrected chi connectivity index (χ0v) is 36.8. The maximum Gasteiger partial charge on any atom is 1.00 e. The molecule has 0 aliphatic carbocycles. The van der Waals surface area contributed by atoms with Crippen molar-refractivity contribution in [1.82, 2.24) is 0 Å². The molecule has 8 nitrogen and oxygen atoms in total. The van der Waals surface area contributed by atoms with E-state index >= 15 is 0 Å². The molecule has 0 aromatic heterocycles. The number of esters is 2. The molecule has 0 fully saturated rings. The summed E-state index contributed by atoms with van der Waals surface area (Å²) in [5, 5.41) is 20.4. The molecule has 10 heteroatoms. The number of rotatable bonds is 34. The Morgan fingerprint density at radius 1 is 0.400 bits per heavy atom. The van der Waals surface area contributed by atoms with Gasteiger partial charge < -0.3 is 29.3 Å². The van der Waals surface area contributed by atoms with Crippen molar-refractivity contribution < 1.29 is 98.0 Å². The van der Waals surface area contributed by atoms with Gasteiger partial charge in [-0.05, 0) is 38.5 Å². The number of ether oxygens (including phenoxy) is 2. The molecule has 0 saturated carbocycles. The van der Waals surface area contributed by atoms with Crippen LogP contribution in [0.1, 0.15) is 194 Å². The minimum Gasteiger partial charge on any atom is -0.550 e. The van der Waals surface area contributed by atoms with E-state index in [1.807, 2.05) is 24.3 Å². The first-order valence-corrected chi connectivity index (χ1v) is 19.3. The third kappa shape index (κ3) is 54.1. The van der Waals surface area contributed by atoms with Gasteiger partial charge in [-0.25, -0.2) is 0 Å². The summed E-state index contributed by atoms with van der Waals surface area (Å²) in [6.45, 7) is 4.96. The Balaban J connectivity index is -0.000000407. The van der Waals surface area contributed by atoms with Crippen molar-refractivity contribution in [3.05, 3.63) is 24.3 Å². The van der Waals surface area contributed by atoms with Crippen LogP contribution in [0.3, 0.4) is 0 Å². The van der Waals surface area contributed by atoms with Crippen molar-refractivity contribution in [3.63, 3.8) is 0 Å². The second-order valence-electron chi connectivity index (χ2n) is 12.7. The van der Waals surface area contributed by atoms with Crippen LogP contribution < -0.4 is 69.3 Å². The van der Waals surface area contributed by atoms with Crippen LogP contribution in [0.5, 0.6) is 0 Å². The number of aliphatic carboxylic acids is 2. The molecule has 0 bridgehead atoms. The fourth-order valence-electron chi connectivity index (χ4n) is 5.06. The van der Waals surface area contributed by atoms with Gasteiger partial charge in [-0.2, -0.15) is 0 Å². The quantitative estimate of drug-likeness (QED) is 0.0429. The van der Waals surface area contributed by atoms with Crippen molar-refractivity contribution in [1.29, 1.82) is 0 Å². The molecule has 50 heavy (non-hydrogen) atoms. The molecular weight excluding hydrogens is 654 g/mol. The van der Waals surface area contributed by atoms with Gasteiger partial charge in [0, 0.05) is 11.9 Å². The van der Waals surface area contributed by atoms with Crippen molar-refractivity contribution in [2.24, 2.45) is 0 Å². The second kappa shape index (κ2) is 48.4. The van der Waals surface area contributed by atoms with Crippen molar-refractivity contribution in [3.8, 4) is 0 Å². The number of hydrogen-bond acceptors (Lipinski definition) is 8. The minimum atomic E-state index is -1.22. The second-order valence-corrected chi connectivity index (χ2v) is 12.7. The summed E-state index contributed by atoms with van der Waals surface area (Å²) in [7, 11) is 0. The zero-order valence-electron chi connectivity index (χ0n) is 32.8. The van der Waals surface area contributed by atoms with Gasteiger partial charge in [0.15, 0.2) is 0 Å². The normalized spacial score (nSPS) is 10.6. The standard InChI is InChI=1S/2C20H36O4.2Na/c2*1-2-3-4-5-6-7-8-9-10-11-12-13-14-15-18-24-20(23)17-16-19(21)22;;/h2*14-15H,2-13,16-18H2,1H3,(H,21,22);;/q;;2*+1/p-2. The van der Waals surface area contributed by atoms with E-state index in [9.17, 15) is 29.4 Å². The minimum absolute atomic E-state index is 0. The Morgan fingerprint density at radius 3 is 0.920 bits per heavy atom. The van der Waals surface area contributed by atoms with Crippen LogP contribution in [0.2, 0.25) is 0 Å². The van der Waals surface area contributed by atoms with Crippen LogP contribution in [0.4, 0.5) is 0 Å². The molecule has 0 aromatic rings. The summed E-state index contributed by atoms with van der Waals surface area (Å²) < 4.78 is 9.77. The van der Waals surface area contributed by atoms with Crippen molar-refractivity contribution >= 4 is 23.9 Å². The molecule has 0 spiro atoms. The summed E-state index contributed by atoms with van der Waals surface area (Å²) in [6.07, 6.45) is 38.4. The average molecular weight is 725 g/mol. The van der Waals surface area contributed by atoms with Crippen LogP contribution in [0.15, 0.2) is 24.3 Å². The Bertz CT molecular complexity index is 751. The van der Waals surface area contributed by atoms with Gasteiger partial charge >= 0.3 is 71.1 Å². The van der Waals surface area contributed by atoms with Crippen LogP contribution >= 0.6 is 0 Å². The third-order valence-electron chi connectivity index (χ3n) is 8.03. The molecule has 0 aromatic carbocycles. The summed E-state index contributed by atoms with van der Waals surface area (Å²) in [6, 6.07) is 0. The van der Waals surface area contributed by atoms with E-state index in [1.54, 1.807) is 0 Å². The zero-order chi connectivity index (χ0) is 35.8. The Hall–Kier alpha value is -0.640. The number of carboxylic acids is 2. The number of unbranched alkanes of at least 4 members (excludes halogenated alkanes) is 22. The molecule has 0 aliphatic rings. The molecule has 0 unspecified atom stereocenters. The van der Waals surface area contributed by atoms with Gasteiger partial charge in [-0.1, -0.05) is 167 Å². The first-order chi connectivity index (χ1) is 23.3. The van der Waals surface area contributed by atoms with E-state index in [0.717, 1.165) is 12.8 Å². The first kappa shape index (κ1) is 56.1. The van der Waals surface area contributed by atoms with Crippen molar-refractivity contribution in [2.45, 2.75) is 194 Å². The van der Waals surface area contributed by atoms with E-state index < -0.39 is 23.9 Å². The van der Waals surface area contributed by atoms with Gasteiger partial charge in [-0.3, -0.25) is 9.59 Å². The van der Waals surface area contributed by atoms with Gasteiger partial charge in [0.05, 0.1) is 12.8 Å². The summed E-state index contributed by atoms with van der Waals surface area (Å²) in [5.74, 6) is -3.42. The molecule has 0 rings (SSSR count).